The summed E-state index contributed by atoms with van der Waals surface area (Å²) in [5.41, 5.74) is 1.10. The fourth-order valence-corrected chi connectivity index (χ4v) is 2.95. The van der Waals surface area contributed by atoms with Crippen LogP contribution in [0.25, 0.3) is 0 Å². The Bertz CT molecular complexity index is 405. The van der Waals surface area contributed by atoms with E-state index >= 15 is 0 Å². The molecule has 2 rings (SSSR count). The van der Waals surface area contributed by atoms with E-state index in [0.717, 1.165) is 37.3 Å². The third-order valence-electron chi connectivity index (χ3n) is 4.21. The number of anilines is 1. The van der Waals surface area contributed by atoms with Crippen LogP contribution >= 0.6 is 0 Å². The maximum absolute atomic E-state index is 4.59. The zero-order chi connectivity index (χ0) is 14.5. The van der Waals surface area contributed by atoms with Crippen molar-refractivity contribution in [1.29, 1.82) is 0 Å². The summed E-state index contributed by atoms with van der Waals surface area (Å²) in [6.07, 6.45) is 7.71. The molecule has 1 saturated carbocycles. The normalized spacial score (nSPS) is 16.5. The molecule has 0 amide bonds. The lowest BCUT2D eigenvalue weighted by molar-refractivity contribution is 0.237. The highest BCUT2D eigenvalue weighted by Crippen LogP contribution is 2.22. The quantitative estimate of drug-likeness (QED) is 0.832. The summed E-state index contributed by atoms with van der Waals surface area (Å²) < 4.78 is 2.27. The van der Waals surface area contributed by atoms with Crippen molar-refractivity contribution in [2.75, 3.05) is 25.5 Å². The average Bonchev–Trinajstić information content (AvgIpc) is 3.02. The Morgan fingerprint density at radius 1 is 1.40 bits per heavy atom. The van der Waals surface area contributed by atoms with Crippen LogP contribution in [0.1, 0.15) is 45.2 Å². The van der Waals surface area contributed by atoms with Crippen LogP contribution in [-0.2, 0) is 6.54 Å². The minimum Gasteiger partial charge on any atom is -0.355 e. The van der Waals surface area contributed by atoms with Gasteiger partial charge in [0.1, 0.15) is 0 Å². The van der Waals surface area contributed by atoms with E-state index in [4.69, 9.17) is 0 Å². The van der Waals surface area contributed by atoms with Gasteiger partial charge in [0.25, 0.3) is 0 Å². The first kappa shape index (κ1) is 15.4. The number of aromatic nitrogens is 2. The van der Waals surface area contributed by atoms with E-state index in [1.165, 1.54) is 25.7 Å². The zero-order valence-corrected chi connectivity index (χ0v) is 13.5. The average molecular weight is 278 g/mol. The van der Waals surface area contributed by atoms with Crippen molar-refractivity contribution in [1.82, 2.24) is 14.5 Å². The second-order valence-electron chi connectivity index (χ2n) is 6.59. The molecule has 20 heavy (non-hydrogen) atoms. The van der Waals surface area contributed by atoms with Gasteiger partial charge in [0.05, 0.1) is 5.69 Å². The van der Waals surface area contributed by atoms with Gasteiger partial charge in [-0.1, -0.05) is 26.7 Å². The van der Waals surface area contributed by atoms with E-state index < -0.39 is 0 Å². The molecular formula is C16H30N4. The van der Waals surface area contributed by atoms with Crippen molar-refractivity contribution in [3.05, 3.63) is 11.9 Å². The highest BCUT2D eigenvalue weighted by Gasteiger charge is 2.19. The molecule has 1 aromatic rings. The van der Waals surface area contributed by atoms with Gasteiger partial charge in [0, 0.05) is 31.9 Å². The molecule has 1 aromatic heterocycles. The molecule has 0 unspecified atom stereocenters. The van der Waals surface area contributed by atoms with E-state index in [1.807, 2.05) is 0 Å². The predicted molar refractivity (Wildman–Crippen MR) is 85.2 cm³/mol. The number of aryl methyl sites for hydroxylation is 1. The number of nitrogens with one attached hydrogen (secondary N) is 1. The van der Waals surface area contributed by atoms with Crippen LogP contribution in [0.5, 0.6) is 0 Å². The third-order valence-corrected chi connectivity index (χ3v) is 4.21. The monoisotopic (exact) mass is 278 g/mol. The predicted octanol–water partition coefficient (Wildman–Crippen LogP) is 3.13. The van der Waals surface area contributed by atoms with Crippen molar-refractivity contribution in [3.63, 3.8) is 0 Å². The van der Waals surface area contributed by atoms with Crippen LogP contribution in [0.2, 0.25) is 0 Å². The van der Waals surface area contributed by atoms with E-state index in [1.54, 1.807) is 0 Å². The standard InChI is InChI=1S/C16H30N4/c1-13(2)11-17-16-18-14(3)12-20(16)10-9-19(4)15-7-5-6-8-15/h12-13,15H,5-11H2,1-4H3,(H,17,18). The lowest BCUT2D eigenvalue weighted by atomic mass is 10.2. The summed E-state index contributed by atoms with van der Waals surface area (Å²) >= 11 is 0. The maximum Gasteiger partial charge on any atom is 0.203 e. The second-order valence-corrected chi connectivity index (χ2v) is 6.59. The Labute approximate surface area is 123 Å². The lowest BCUT2D eigenvalue weighted by Crippen LogP contribution is -2.32. The third kappa shape index (κ3) is 4.23. The molecule has 1 heterocycles. The molecule has 1 N–H and O–H groups in total. The number of nitrogens with zero attached hydrogens (tertiary/aromatic N) is 3. The molecule has 0 atom stereocenters. The number of hydrogen-bond acceptors (Lipinski definition) is 3. The van der Waals surface area contributed by atoms with Crippen molar-refractivity contribution in [3.8, 4) is 0 Å². The van der Waals surface area contributed by atoms with Gasteiger partial charge in [-0.15, -0.1) is 0 Å². The van der Waals surface area contributed by atoms with Crippen molar-refractivity contribution in [2.24, 2.45) is 5.92 Å². The summed E-state index contributed by atoms with van der Waals surface area (Å²) in [6, 6.07) is 0.798. The molecule has 1 aliphatic rings. The first-order valence-corrected chi connectivity index (χ1v) is 8.04. The summed E-state index contributed by atoms with van der Waals surface area (Å²) in [6.45, 7) is 9.62. The van der Waals surface area contributed by atoms with E-state index in [9.17, 15) is 0 Å². The van der Waals surface area contributed by atoms with Gasteiger partial charge in [-0.2, -0.15) is 0 Å². The van der Waals surface area contributed by atoms with Crippen molar-refractivity contribution < 1.29 is 0 Å². The fourth-order valence-electron chi connectivity index (χ4n) is 2.95. The van der Waals surface area contributed by atoms with Crippen LogP contribution in [-0.4, -0.2) is 40.6 Å². The minimum atomic E-state index is 0.640. The van der Waals surface area contributed by atoms with Crippen LogP contribution in [0.4, 0.5) is 5.95 Å². The van der Waals surface area contributed by atoms with Crippen molar-refractivity contribution in [2.45, 2.75) is 59.0 Å². The van der Waals surface area contributed by atoms with Gasteiger partial charge in [-0.25, -0.2) is 4.98 Å². The van der Waals surface area contributed by atoms with Crippen LogP contribution < -0.4 is 5.32 Å². The molecule has 4 nitrogen and oxygen atoms in total. The Morgan fingerprint density at radius 2 is 2.10 bits per heavy atom. The number of imidazole rings is 1. The fraction of sp³-hybridized carbons (Fsp3) is 0.812. The molecule has 0 radical (unpaired) electrons. The smallest absolute Gasteiger partial charge is 0.203 e. The molecule has 1 fully saturated rings. The Morgan fingerprint density at radius 3 is 2.75 bits per heavy atom. The lowest BCUT2D eigenvalue weighted by Gasteiger charge is -2.24. The molecule has 1 aliphatic carbocycles. The van der Waals surface area contributed by atoms with Crippen LogP contribution in [0.3, 0.4) is 0 Å². The SMILES string of the molecule is Cc1cn(CCN(C)C2CCCC2)c(NCC(C)C)n1. The van der Waals surface area contributed by atoms with Gasteiger partial charge in [-0.05, 0) is 32.7 Å². The highest BCUT2D eigenvalue weighted by atomic mass is 15.2. The number of rotatable bonds is 7. The second kappa shape index (κ2) is 7.11. The molecule has 114 valence electrons. The minimum absolute atomic E-state index is 0.640. The summed E-state index contributed by atoms with van der Waals surface area (Å²) in [5, 5.41) is 3.46. The molecule has 4 heteroatoms. The van der Waals surface area contributed by atoms with E-state index in [-0.39, 0.29) is 0 Å². The zero-order valence-electron chi connectivity index (χ0n) is 13.5. The molecule has 0 saturated heterocycles. The summed E-state index contributed by atoms with van der Waals surface area (Å²) in [5.74, 6) is 1.66. The molecule has 0 spiro atoms. The molecular weight excluding hydrogens is 248 g/mol. The van der Waals surface area contributed by atoms with Crippen molar-refractivity contribution >= 4 is 5.95 Å². The Hall–Kier alpha value is -1.03. The summed E-state index contributed by atoms with van der Waals surface area (Å²) in [7, 11) is 2.26. The topological polar surface area (TPSA) is 33.1 Å². The largest absolute Gasteiger partial charge is 0.355 e. The Balaban J connectivity index is 1.87. The number of likely N-dealkylation sites (N-methyl/N-ethyl adjacent to an activating group) is 1. The van der Waals surface area contributed by atoms with Gasteiger partial charge in [-0.3, -0.25) is 0 Å². The molecule has 0 bridgehead atoms. The van der Waals surface area contributed by atoms with Gasteiger partial charge >= 0.3 is 0 Å². The molecule has 0 aliphatic heterocycles. The van der Waals surface area contributed by atoms with Gasteiger partial charge in [0.15, 0.2) is 0 Å². The maximum atomic E-state index is 4.59. The Kier molecular flexibility index (Phi) is 5.46. The van der Waals surface area contributed by atoms with Gasteiger partial charge < -0.3 is 14.8 Å². The van der Waals surface area contributed by atoms with Gasteiger partial charge in [0.2, 0.25) is 5.95 Å². The molecule has 0 aromatic carbocycles. The van der Waals surface area contributed by atoms with Crippen LogP contribution in [0, 0.1) is 12.8 Å². The highest BCUT2D eigenvalue weighted by molar-refractivity contribution is 5.28. The van der Waals surface area contributed by atoms with Crippen LogP contribution in [0.15, 0.2) is 6.20 Å². The number of hydrogen-bond donors (Lipinski definition) is 1. The van der Waals surface area contributed by atoms with E-state index in [0.29, 0.717) is 5.92 Å². The first-order valence-electron chi connectivity index (χ1n) is 8.04. The van der Waals surface area contributed by atoms with E-state index in [2.05, 4.69) is 53.8 Å². The first-order chi connectivity index (χ1) is 9.56. The summed E-state index contributed by atoms with van der Waals surface area (Å²) in [4.78, 5) is 7.11.